The Kier molecular flexibility index (Phi) is 8.73. The van der Waals surface area contributed by atoms with Crippen LogP contribution in [0.2, 0.25) is 0 Å². The lowest BCUT2D eigenvalue weighted by Crippen LogP contribution is -2.33. The molecule has 1 aliphatic carbocycles. The largest absolute Gasteiger partial charge is 0.493 e. The minimum Gasteiger partial charge on any atom is -0.493 e. The number of aromatic amines is 1. The van der Waals surface area contributed by atoms with Gasteiger partial charge in [0.1, 0.15) is 17.6 Å². The number of carbonyl (C=O) groups excluding carboxylic acids is 1. The number of rotatable bonds is 12. The molecule has 1 atom stereocenters. The molecule has 0 bridgehead atoms. The smallest absolute Gasteiger partial charge is 0.252 e. The van der Waals surface area contributed by atoms with Gasteiger partial charge in [0.2, 0.25) is 17.7 Å². The number of hydrogen-bond donors (Lipinski definition) is 5. The van der Waals surface area contributed by atoms with Crippen LogP contribution in [-0.2, 0) is 4.79 Å². The van der Waals surface area contributed by atoms with Crippen LogP contribution in [0.1, 0.15) is 26.2 Å². The van der Waals surface area contributed by atoms with Crippen molar-refractivity contribution in [2.75, 3.05) is 44.4 Å². The number of carbonyl (C=O) groups is 1. The molecule has 1 aromatic carbocycles. The van der Waals surface area contributed by atoms with Crippen LogP contribution in [0.25, 0.3) is 22.2 Å². The minimum atomic E-state index is -0.117. The van der Waals surface area contributed by atoms with Crippen molar-refractivity contribution in [1.82, 2.24) is 35.1 Å². The Balaban J connectivity index is 1.12. The molecule has 2 aliphatic rings. The molecule has 234 valence electrons. The molecule has 1 saturated carbocycles. The van der Waals surface area contributed by atoms with Gasteiger partial charge in [0.05, 0.1) is 31.1 Å². The van der Waals surface area contributed by atoms with Gasteiger partial charge in [-0.3, -0.25) is 9.69 Å². The van der Waals surface area contributed by atoms with Crippen LogP contribution in [0.4, 0.5) is 17.6 Å². The van der Waals surface area contributed by atoms with Gasteiger partial charge in [0.15, 0.2) is 5.75 Å². The van der Waals surface area contributed by atoms with Crippen LogP contribution in [0, 0.1) is 0 Å². The number of H-pyrrole nitrogens is 1. The first-order valence-electron chi connectivity index (χ1n) is 14.9. The zero-order valence-corrected chi connectivity index (χ0v) is 25.5. The molecule has 6 N–H and O–H groups in total. The maximum Gasteiger partial charge on any atom is 0.252 e. The summed E-state index contributed by atoms with van der Waals surface area (Å²) >= 11 is 0. The molecule has 0 radical (unpaired) electrons. The van der Waals surface area contributed by atoms with E-state index >= 15 is 0 Å². The van der Waals surface area contributed by atoms with Crippen LogP contribution in [0.15, 0.2) is 59.6 Å². The monoisotopic (exact) mass is 611 g/mol. The first kappa shape index (κ1) is 29.8. The van der Waals surface area contributed by atoms with Gasteiger partial charge >= 0.3 is 0 Å². The van der Waals surface area contributed by atoms with Crippen molar-refractivity contribution in [3.05, 3.63) is 54.6 Å². The maximum absolute atomic E-state index is 13.1. The number of ether oxygens (including phenoxy) is 2. The van der Waals surface area contributed by atoms with Crippen LogP contribution in [0.3, 0.4) is 0 Å². The Labute approximate surface area is 260 Å². The fourth-order valence-electron chi connectivity index (χ4n) is 5.14. The molecule has 1 saturated heterocycles. The van der Waals surface area contributed by atoms with Gasteiger partial charge < -0.3 is 36.1 Å². The maximum atomic E-state index is 13.1. The number of aliphatic imine (C=N–C) groups is 1. The average molecular weight is 612 g/mol. The van der Waals surface area contributed by atoms with E-state index in [1.165, 1.54) is 0 Å². The zero-order valence-electron chi connectivity index (χ0n) is 25.5. The van der Waals surface area contributed by atoms with E-state index in [1.807, 2.05) is 31.3 Å². The van der Waals surface area contributed by atoms with E-state index in [1.54, 1.807) is 38.7 Å². The number of likely N-dealkylation sites (tertiary alicyclic amines) is 1. The second kappa shape index (κ2) is 13.2. The molecule has 2 fully saturated rings. The molecule has 6 rings (SSSR count). The van der Waals surface area contributed by atoms with Crippen molar-refractivity contribution >= 4 is 40.2 Å². The highest BCUT2D eigenvalue weighted by Crippen LogP contribution is 2.36. The second-order valence-electron chi connectivity index (χ2n) is 11.1. The second-order valence-corrected chi connectivity index (χ2v) is 11.1. The van der Waals surface area contributed by atoms with Crippen molar-refractivity contribution in [3.63, 3.8) is 0 Å². The van der Waals surface area contributed by atoms with Crippen molar-refractivity contribution in [1.29, 1.82) is 0 Å². The van der Waals surface area contributed by atoms with E-state index < -0.39 is 0 Å². The summed E-state index contributed by atoms with van der Waals surface area (Å²) in [4.78, 5) is 40.5. The van der Waals surface area contributed by atoms with E-state index in [0.29, 0.717) is 41.5 Å². The molecule has 1 amide bonds. The normalized spacial score (nSPS) is 17.4. The third-order valence-electron chi connectivity index (χ3n) is 7.62. The van der Waals surface area contributed by atoms with E-state index in [2.05, 4.69) is 50.8 Å². The third-order valence-corrected chi connectivity index (χ3v) is 7.62. The summed E-state index contributed by atoms with van der Waals surface area (Å²) in [6.45, 7) is 3.50. The number of benzene rings is 1. The predicted molar refractivity (Wildman–Crippen MR) is 173 cm³/mol. The van der Waals surface area contributed by atoms with E-state index in [0.717, 1.165) is 48.0 Å². The topological polar surface area (TPSA) is 181 Å². The lowest BCUT2D eigenvalue weighted by atomic mass is 10.1. The molecule has 14 nitrogen and oxygen atoms in total. The van der Waals surface area contributed by atoms with E-state index in [-0.39, 0.29) is 30.3 Å². The number of nitrogens with one attached hydrogen (secondary N) is 4. The van der Waals surface area contributed by atoms with Crippen LogP contribution < -0.4 is 31.2 Å². The molecular weight excluding hydrogens is 574 g/mol. The number of allylic oxidation sites excluding steroid dienone is 1. The summed E-state index contributed by atoms with van der Waals surface area (Å²) in [7, 11) is 3.36. The highest BCUT2D eigenvalue weighted by molar-refractivity contribution is 6.06. The van der Waals surface area contributed by atoms with Crippen LogP contribution >= 0.6 is 0 Å². The molecule has 45 heavy (non-hydrogen) atoms. The summed E-state index contributed by atoms with van der Waals surface area (Å²) in [5, 5.41) is 10.2. The van der Waals surface area contributed by atoms with E-state index in [4.69, 9.17) is 15.2 Å². The third kappa shape index (κ3) is 7.29. The standard InChI is InChI=1S/C31H37N11O3/c1-18(33-2)13-25(32)39-31-36-15-24(44-3)29(41-31)22-14-35-28-21(22)5-4-6-23(28)38-26(43)17-42-12-10-20(16-42)45-27-9-11-34-30(40-27)37-19-7-8-19/h4-6,9,11,13-15,19-20,33,35H,7-8,10,12,16-17H2,1-3H3,(H,38,43)(H,34,37,40)(H2,32,36,39,41)/b18-13-. The first-order valence-corrected chi connectivity index (χ1v) is 14.9. The number of aromatic nitrogens is 5. The molecular formula is C31H37N11O3. The fourth-order valence-corrected chi connectivity index (χ4v) is 5.14. The fraction of sp³-hybridized carbons (Fsp3) is 0.355. The first-order chi connectivity index (χ1) is 21.9. The van der Waals surface area contributed by atoms with Crippen molar-refractivity contribution in [2.24, 2.45) is 10.7 Å². The Morgan fingerprint density at radius 2 is 2.09 bits per heavy atom. The van der Waals surface area contributed by atoms with Crippen molar-refractivity contribution in [2.45, 2.75) is 38.3 Å². The van der Waals surface area contributed by atoms with Gasteiger partial charge in [-0.25, -0.2) is 15.0 Å². The van der Waals surface area contributed by atoms with Gasteiger partial charge in [-0.05, 0) is 38.3 Å². The Morgan fingerprint density at radius 3 is 2.89 bits per heavy atom. The van der Waals surface area contributed by atoms with Crippen molar-refractivity contribution < 1.29 is 14.3 Å². The zero-order chi connectivity index (χ0) is 31.3. The van der Waals surface area contributed by atoms with Crippen LogP contribution in [-0.4, -0.2) is 87.5 Å². The predicted octanol–water partition coefficient (Wildman–Crippen LogP) is 3.20. The Hall–Kier alpha value is -5.24. The van der Waals surface area contributed by atoms with Crippen molar-refractivity contribution in [3.8, 4) is 22.9 Å². The summed E-state index contributed by atoms with van der Waals surface area (Å²) in [5.41, 5.74) is 9.66. The number of fused-ring (bicyclic) bond motifs is 1. The van der Waals surface area contributed by atoms with Crippen LogP contribution in [0.5, 0.6) is 11.6 Å². The molecule has 4 aromatic rings. The Bertz CT molecular complexity index is 1750. The summed E-state index contributed by atoms with van der Waals surface area (Å²) in [6.07, 6.45) is 9.84. The number of nitrogens with zero attached hydrogens (tertiary/aromatic N) is 6. The highest BCUT2D eigenvalue weighted by Gasteiger charge is 2.27. The number of anilines is 2. The van der Waals surface area contributed by atoms with Gasteiger partial charge in [-0.2, -0.15) is 9.98 Å². The summed E-state index contributed by atoms with van der Waals surface area (Å²) in [5.74, 6) is 1.96. The van der Waals surface area contributed by atoms with Gasteiger partial charge in [0.25, 0.3) is 5.95 Å². The number of amides is 1. The van der Waals surface area contributed by atoms with Gasteiger partial charge in [-0.15, -0.1) is 0 Å². The number of para-hydroxylation sites is 1. The molecule has 1 aliphatic heterocycles. The minimum absolute atomic E-state index is 0.0494. The number of hydrogen-bond acceptors (Lipinski definition) is 11. The molecule has 0 spiro atoms. The quantitative estimate of drug-likeness (QED) is 0.117. The Morgan fingerprint density at radius 1 is 1.22 bits per heavy atom. The highest BCUT2D eigenvalue weighted by atomic mass is 16.5. The molecule has 14 heteroatoms. The van der Waals surface area contributed by atoms with Gasteiger partial charge in [0, 0.05) is 61.3 Å². The lowest BCUT2D eigenvalue weighted by Gasteiger charge is -2.17. The lowest BCUT2D eigenvalue weighted by molar-refractivity contribution is -0.117. The summed E-state index contributed by atoms with van der Waals surface area (Å²) < 4.78 is 11.7. The van der Waals surface area contributed by atoms with Gasteiger partial charge in [-0.1, -0.05) is 12.1 Å². The number of methoxy groups -OCH3 is 1. The summed E-state index contributed by atoms with van der Waals surface area (Å²) in [6, 6.07) is 7.94. The SMILES string of the molecule is CN/C(C)=C\C(N)=N/c1ncc(OC)c(-c2c[nH]c3c(NC(=O)CN4CCC(Oc5ccnc(NC6CC6)n5)C4)cccc23)n1. The molecule has 3 aromatic heterocycles. The number of nitrogens with two attached hydrogens (primary N) is 1. The number of amidine groups is 1. The molecule has 1 unspecified atom stereocenters. The van der Waals surface area contributed by atoms with E-state index in [9.17, 15) is 4.79 Å². The molecule has 4 heterocycles. The average Bonchev–Trinajstić information content (AvgIpc) is 3.55.